The summed E-state index contributed by atoms with van der Waals surface area (Å²) in [5, 5.41) is 3.11. The van der Waals surface area contributed by atoms with Gasteiger partial charge in [0.05, 0.1) is 4.90 Å². The molecule has 1 aliphatic carbocycles. The highest BCUT2D eigenvalue weighted by molar-refractivity contribution is 7.89. The topological polar surface area (TPSA) is 66.5 Å². The van der Waals surface area contributed by atoms with E-state index in [2.05, 4.69) is 50.4 Å². The lowest BCUT2D eigenvalue weighted by Gasteiger charge is -2.52. The van der Waals surface area contributed by atoms with E-state index in [9.17, 15) is 13.2 Å². The molecule has 2 aromatic carbocycles. The van der Waals surface area contributed by atoms with Crippen molar-refractivity contribution in [2.24, 2.45) is 11.3 Å². The van der Waals surface area contributed by atoms with Gasteiger partial charge in [-0.25, -0.2) is 8.42 Å². The minimum absolute atomic E-state index is 0.0132. The average Bonchev–Trinajstić information content (AvgIpc) is 2.79. The molecule has 0 unspecified atom stereocenters. The van der Waals surface area contributed by atoms with Crippen LogP contribution in [0.4, 0.5) is 0 Å². The standard InChI is InChI=1S/C28H38N2O3S/c1-21(31)29-25-14-16-28(19-22-8-6-5-7-9-22)20-30(17-15-24(28)18-25)34(32,33)26-12-10-23(11-13-26)27(2,3)4/h5-13,24-25H,14-20H2,1-4H3,(H,29,31)/t24-,25+,28-/m0/s1. The summed E-state index contributed by atoms with van der Waals surface area (Å²) in [6, 6.07) is 18.0. The first-order valence-corrected chi connectivity index (χ1v) is 13.9. The Morgan fingerprint density at radius 2 is 1.74 bits per heavy atom. The normalized spacial score (nSPS) is 26.0. The molecular weight excluding hydrogens is 444 g/mol. The van der Waals surface area contributed by atoms with E-state index in [1.54, 1.807) is 23.4 Å². The number of amides is 1. The van der Waals surface area contributed by atoms with Crippen molar-refractivity contribution < 1.29 is 13.2 Å². The minimum atomic E-state index is -3.57. The van der Waals surface area contributed by atoms with Crippen LogP contribution >= 0.6 is 0 Å². The second kappa shape index (κ2) is 9.46. The molecule has 4 rings (SSSR count). The number of carbonyl (C=O) groups is 1. The summed E-state index contributed by atoms with van der Waals surface area (Å²) < 4.78 is 29.1. The monoisotopic (exact) mass is 482 g/mol. The first-order chi connectivity index (χ1) is 16.0. The van der Waals surface area contributed by atoms with Crippen LogP contribution in [0.1, 0.15) is 64.5 Å². The van der Waals surface area contributed by atoms with Crippen LogP contribution in [-0.4, -0.2) is 37.8 Å². The van der Waals surface area contributed by atoms with Gasteiger partial charge in [-0.1, -0.05) is 63.2 Å². The molecule has 184 valence electrons. The van der Waals surface area contributed by atoms with Gasteiger partial charge in [0.25, 0.3) is 0 Å². The van der Waals surface area contributed by atoms with Crippen LogP contribution < -0.4 is 5.32 Å². The van der Waals surface area contributed by atoms with Gasteiger partial charge in [-0.3, -0.25) is 4.79 Å². The van der Waals surface area contributed by atoms with Crippen LogP contribution in [0.5, 0.6) is 0 Å². The molecule has 1 N–H and O–H groups in total. The van der Waals surface area contributed by atoms with Gasteiger partial charge in [0.15, 0.2) is 0 Å². The van der Waals surface area contributed by atoms with Gasteiger partial charge >= 0.3 is 0 Å². The Morgan fingerprint density at radius 1 is 1.06 bits per heavy atom. The quantitative estimate of drug-likeness (QED) is 0.658. The molecule has 0 bridgehead atoms. The number of sulfonamides is 1. The zero-order chi connectivity index (χ0) is 24.6. The Morgan fingerprint density at radius 3 is 2.35 bits per heavy atom. The maximum Gasteiger partial charge on any atom is 0.243 e. The number of carbonyl (C=O) groups excluding carboxylic acids is 1. The minimum Gasteiger partial charge on any atom is -0.354 e. The number of rotatable bonds is 5. The molecule has 3 atom stereocenters. The molecule has 1 saturated carbocycles. The van der Waals surface area contributed by atoms with Crippen LogP contribution in [0.25, 0.3) is 0 Å². The van der Waals surface area contributed by atoms with Crippen LogP contribution in [0.15, 0.2) is 59.5 Å². The molecular formula is C28H38N2O3S. The van der Waals surface area contributed by atoms with Gasteiger partial charge in [0.2, 0.25) is 15.9 Å². The van der Waals surface area contributed by atoms with Gasteiger partial charge in [-0.15, -0.1) is 0 Å². The van der Waals surface area contributed by atoms with Crippen LogP contribution in [-0.2, 0) is 26.7 Å². The largest absolute Gasteiger partial charge is 0.354 e. The fourth-order valence-corrected chi connectivity index (χ4v) is 7.48. The summed E-state index contributed by atoms with van der Waals surface area (Å²) in [6.07, 6.45) is 4.40. The maximum absolute atomic E-state index is 13.7. The Labute approximate surface area is 205 Å². The molecule has 0 radical (unpaired) electrons. The van der Waals surface area contributed by atoms with E-state index in [-0.39, 0.29) is 22.8 Å². The summed E-state index contributed by atoms with van der Waals surface area (Å²) >= 11 is 0. The van der Waals surface area contributed by atoms with Crippen molar-refractivity contribution in [2.75, 3.05) is 13.1 Å². The zero-order valence-corrected chi connectivity index (χ0v) is 21.7. The van der Waals surface area contributed by atoms with E-state index in [0.717, 1.165) is 37.7 Å². The van der Waals surface area contributed by atoms with Crippen molar-refractivity contribution in [3.05, 3.63) is 65.7 Å². The fraction of sp³-hybridized carbons (Fsp3) is 0.536. The third-order valence-corrected chi connectivity index (χ3v) is 9.67. The lowest BCUT2D eigenvalue weighted by Crippen LogP contribution is -2.56. The van der Waals surface area contributed by atoms with E-state index in [4.69, 9.17) is 0 Å². The van der Waals surface area contributed by atoms with Crippen LogP contribution in [0.2, 0.25) is 0 Å². The second-order valence-electron chi connectivity index (χ2n) is 11.3. The summed E-state index contributed by atoms with van der Waals surface area (Å²) in [4.78, 5) is 12.0. The van der Waals surface area contributed by atoms with Crippen molar-refractivity contribution in [2.45, 2.75) is 76.2 Å². The number of hydrogen-bond acceptors (Lipinski definition) is 3. The fourth-order valence-electron chi connectivity index (χ4n) is 5.93. The molecule has 2 fully saturated rings. The molecule has 2 aromatic rings. The first-order valence-electron chi connectivity index (χ1n) is 12.4. The number of hydrogen-bond donors (Lipinski definition) is 1. The Hall–Kier alpha value is -2.18. The van der Waals surface area contributed by atoms with E-state index < -0.39 is 10.0 Å². The van der Waals surface area contributed by atoms with Gasteiger partial charge in [-0.2, -0.15) is 4.31 Å². The Bertz CT molecular complexity index is 1110. The van der Waals surface area contributed by atoms with E-state index in [0.29, 0.717) is 23.9 Å². The third-order valence-electron chi connectivity index (χ3n) is 7.81. The summed E-state index contributed by atoms with van der Waals surface area (Å²) in [7, 11) is -3.57. The predicted molar refractivity (Wildman–Crippen MR) is 136 cm³/mol. The Balaban J connectivity index is 1.61. The molecule has 0 spiro atoms. The highest BCUT2D eigenvalue weighted by atomic mass is 32.2. The van der Waals surface area contributed by atoms with Crippen molar-refractivity contribution in [1.82, 2.24) is 9.62 Å². The van der Waals surface area contributed by atoms with Crippen molar-refractivity contribution in [3.63, 3.8) is 0 Å². The maximum atomic E-state index is 13.7. The lowest BCUT2D eigenvalue weighted by molar-refractivity contribution is -0.120. The lowest BCUT2D eigenvalue weighted by atomic mass is 9.59. The zero-order valence-electron chi connectivity index (χ0n) is 20.9. The number of nitrogens with zero attached hydrogens (tertiary/aromatic N) is 1. The SMILES string of the molecule is CC(=O)N[C@@H]1CC[C@]2(Cc3ccccc3)CN(S(=O)(=O)c3ccc(C(C)(C)C)cc3)CC[C@H]2C1. The third kappa shape index (κ3) is 5.23. The summed E-state index contributed by atoms with van der Waals surface area (Å²) in [5.74, 6) is 0.396. The van der Waals surface area contributed by atoms with Crippen LogP contribution in [0, 0.1) is 11.3 Å². The smallest absolute Gasteiger partial charge is 0.243 e. The van der Waals surface area contributed by atoms with Gasteiger partial charge in [0, 0.05) is 26.1 Å². The summed E-state index contributed by atoms with van der Waals surface area (Å²) in [5.41, 5.74) is 2.24. The predicted octanol–water partition coefficient (Wildman–Crippen LogP) is 4.91. The molecule has 1 aliphatic heterocycles. The van der Waals surface area contributed by atoms with Gasteiger partial charge in [0.1, 0.15) is 0 Å². The molecule has 0 aromatic heterocycles. The van der Waals surface area contributed by atoms with Crippen LogP contribution in [0.3, 0.4) is 0 Å². The highest BCUT2D eigenvalue weighted by Crippen LogP contribution is 2.49. The number of benzene rings is 2. The van der Waals surface area contributed by atoms with E-state index >= 15 is 0 Å². The number of piperidine rings is 1. The molecule has 1 heterocycles. The van der Waals surface area contributed by atoms with Gasteiger partial charge < -0.3 is 5.32 Å². The molecule has 2 aliphatic rings. The average molecular weight is 483 g/mol. The van der Waals surface area contributed by atoms with Crippen molar-refractivity contribution in [1.29, 1.82) is 0 Å². The number of fused-ring (bicyclic) bond motifs is 1. The van der Waals surface area contributed by atoms with E-state index in [1.165, 1.54) is 5.56 Å². The highest BCUT2D eigenvalue weighted by Gasteiger charge is 2.49. The first kappa shape index (κ1) is 24.9. The van der Waals surface area contributed by atoms with Crippen molar-refractivity contribution in [3.8, 4) is 0 Å². The van der Waals surface area contributed by atoms with Crippen molar-refractivity contribution >= 4 is 15.9 Å². The van der Waals surface area contributed by atoms with E-state index in [1.807, 2.05) is 18.2 Å². The molecule has 5 nitrogen and oxygen atoms in total. The molecule has 6 heteroatoms. The summed E-state index contributed by atoms with van der Waals surface area (Å²) in [6.45, 7) is 9.02. The molecule has 1 saturated heterocycles. The second-order valence-corrected chi connectivity index (χ2v) is 13.2. The molecule has 1 amide bonds. The number of nitrogens with one attached hydrogen (secondary N) is 1. The van der Waals surface area contributed by atoms with Gasteiger partial charge in [-0.05, 0) is 72.1 Å². The molecule has 34 heavy (non-hydrogen) atoms. The Kier molecular flexibility index (Phi) is 6.94.